The average Bonchev–Trinajstić information content (AvgIpc) is 3.46. The largest absolute Gasteiger partial charge is 0.394 e. The van der Waals surface area contributed by atoms with Gasteiger partial charge in [-0.05, 0) is 54.7 Å². The summed E-state index contributed by atoms with van der Waals surface area (Å²) in [7, 11) is 0. The van der Waals surface area contributed by atoms with Crippen molar-refractivity contribution in [2.45, 2.75) is 33.0 Å². The Bertz CT molecular complexity index is 1490. The third kappa shape index (κ3) is 5.27. The summed E-state index contributed by atoms with van der Waals surface area (Å²) in [6.07, 6.45) is 0. The number of aliphatic hydroxyl groups excluding tert-OH is 1. The zero-order valence-corrected chi connectivity index (χ0v) is 20.8. The normalized spacial score (nSPS) is 13.8. The van der Waals surface area contributed by atoms with Crippen LogP contribution in [0.25, 0.3) is 0 Å². The molecular weight excluding hydrogens is 500 g/mol. The van der Waals surface area contributed by atoms with E-state index in [-0.39, 0.29) is 53.1 Å². The fourth-order valence-corrected chi connectivity index (χ4v) is 4.73. The number of aromatic nitrogens is 1. The van der Waals surface area contributed by atoms with Crippen molar-refractivity contribution in [3.05, 3.63) is 84.7 Å². The van der Waals surface area contributed by atoms with E-state index >= 15 is 0 Å². The molecule has 4 rings (SSSR count). The maximum absolute atomic E-state index is 13.2. The van der Waals surface area contributed by atoms with E-state index < -0.39 is 28.1 Å². The van der Waals surface area contributed by atoms with Crippen LogP contribution < -0.4 is 16.6 Å². The molecule has 1 unspecified atom stereocenters. The number of hydrogen-bond acceptors (Lipinski definition) is 9. The van der Waals surface area contributed by atoms with E-state index in [2.05, 4.69) is 14.7 Å². The number of Topliss-reactive ketones (excluding diaryl/α,β-unsaturated/α-hetero) is 1. The highest BCUT2D eigenvalue weighted by Gasteiger charge is 2.30. The summed E-state index contributed by atoms with van der Waals surface area (Å²) >= 11 is 0.934. The third-order valence-electron chi connectivity index (χ3n) is 5.88. The van der Waals surface area contributed by atoms with E-state index in [4.69, 9.17) is 5.73 Å². The number of carbonyl (C=O) groups is 2. The second-order valence-electron chi connectivity index (χ2n) is 8.60. The van der Waals surface area contributed by atoms with Crippen molar-refractivity contribution in [3.8, 4) is 0 Å². The first-order valence-corrected chi connectivity index (χ1v) is 12.0. The molecule has 0 aliphatic carbocycles. The predicted molar refractivity (Wildman–Crippen MR) is 139 cm³/mol. The summed E-state index contributed by atoms with van der Waals surface area (Å²) < 4.78 is 2.54. The van der Waals surface area contributed by atoms with Crippen LogP contribution in [0.3, 0.4) is 0 Å². The van der Waals surface area contributed by atoms with Gasteiger partial charge in [0.25, 0.3) is 17.2 Å². The number of aromatic amines is 1. The molecule has 192 valence electrons. The number of amides is 1. The van der Waals surface area contributed by atoms with Crippen molar-refractivity contribution in [1.29, 1.82) is 0 Å². The van der Waals surface area contributed by atoms with Crippen molar-refractivity contribution in [3.63, 3.8) is 0 Å². The van der Waals surface area contributed by atoms with Crippen molar-refractivity contribution < 1.29 is 19.6 Å². The van der Waals surface area contributed by atoms with Crippen LogP contribution in [0.1, 0.15) is 51.3 Å². The van der Waals surface area contributed by atoms with E-state index in [1.165, 1.54) is 30.0 Å². The number of H-pyrrole nitrogens is 1. The van der Waals surface area contributed by atoms with Crippen LogP contribution in [0.5, 0.6) is 0 Å². The molecule has 3 aromatic rings. The predicted octanol–water partition coefficient (Wildman–Crippen LogP) is 2.53. The molecule has 0 saturated heterocycles. The smallest absolute Gasteiger partial charge is 0.284 e. The summed E-state index contributed by atoms with van der Waals surface area (Å²) in [5.41, 5.74) is 7.52. The summed E-state index contributed by atoms with van der Waals surface area (Å²) in [5, 5.41) is 24.3. The Kier molecular flexibility index (Phi) is 7.18. The van der Waals surface area contributed by atoms with Gasteiger partial charge in [-0.25, -0.2) is 0 Å². The molecule has 0 spiro atoms. The molecule has 13 heteroatoms. The van der Waals surface area contributed by atoms with Gasteiger partial charge < -0.3 is 21.1 Å². The third-order valence-corrected chi connectivity index (χ3v) is 6.68. The van der Waals surface area contributed by atoms with E-state index in [9.17, 15) is 29.6 Å². The van der Waals surface area contributed by atoms with Crippen molar-refractivity contribution >= 4 is 45.4 Å². The number of nitrogens with zero attached hydrogens (tertiary/aromatic N) is 3. The molecular formula is C24H24N6O6S. The number of nitro benzene ring substituents is 1. The summed E-state index contributed by atoms with van der Waals surface area (Å²) in [4.78, 5) is 54.0. The van der Waals surface area contributed by atoms with Gasteiger partial charge in [0.05, 0.1) is 17.6 Å². The van der Waals surface area contributed by atoms with Crippen molar-refractivity contribution in [1.82, 2.24) is 9.27 Å². The number of aliphatic imine (C=N–C) groups is 1. The van der Waals surface area contributed by atoms with Gasteiger partial charge in [-0.2, -0.15) is 0 Å². The fraction of sp³-hybridized carbons (Fsp3) is 0.250. The Morgan fingerprint density at radius 2 is 2.00 bits per heavy atom. The number of anilines is 2. The molecule has 1 atom stereocenters. The molecule has 1 aromatic heterocycles. The molecule has 1 aliphatic rings. The quantitative estimate of drug-likeness (QED) is 0.114. The Morgan fingerprint density at radius 1 is 1.27 bits per heavy atom. The van der Waals surface area contributed by atoms with Gasteiger partial charge in [-0.1, -0.05) is 12.1 Å². The molecule has 37 heavy (non-hydrogen) atoms. The minimum atomic E-state index is -0.644. The molecule has 0 radical (unpaired) electrons. The van der Waals surface area contributed by atoms with Crippen molar-refractivity contribution in [2.75, 3.05) is 11.9 Å². The maximum atomic E-state index is 13.2. The molecule has 2 heterocycles. The second kappa shape index (κ2) is 10.3. The van der Waals surface area contributed by atoms with Gasteiger partial charge in [0, 0.05) is 30.4 Å². The minimum absolute atomic E-state index is 0.0490. The van der Waals surface area contributed by atoms with Gasteiger partial charge in [0.1, 0.15) is 22.0 Å². The number of hydrogen-bond donors (Lipinski definition) is 4. The Balaban J connectivity index is 1.60. The maximum Gasteiger partial charge on any atom is 0.284 e. The van der Waals surface area contributed by atoms with E-state index in [0.29, 0.717) is 5.56 Å². The lowest BCUT2D eigenvalue weighted by atomic mass is 10.0. The number of amidine groups is 1. The number of ketones is 1. The Labute approximate surface area is 214 Å². The highest BCUT2D eigenvalue weighted by Crippen LogP contribution is 2.31. The van der Waals surface area contributed by atoms with Crippen LogP contribution in [-0.2, 0) is 13.1 Å². The number of aliphatic hydroxyl groups is 1. The molecule has 5 N–H and O–H groups in total. The lowest BCUT2D eigenvalue weighted by Gasteiger charge is -2.16. The molecule has 2 aromatic carbocycles. The monoisotopic (exact) mass is 524 g/mol. The van der Waals surface area contributed by atoms with Crippen LogP contribution >= 0.6 is 11.5 Å². The molecule has 1 aliphatic heterocycles. The van der Waals surface area contributed by atoms with Gasteiger partial charge in [0.2, 0.25) is 0 Å². The average molecular weight is 525 g/mol. The Hall–Kier alpha value is -4.36. The Morgan fingerprint density at radius 3 is 2.68 bits per heavy atom. The molecule has 1 amide bonds. The van der Waals surface area contributed by atoms with Gasteiger partial charge >= 0.3 is 0 Å². The zero-order valence-electron chi connectivity index (χ0n) is 20.0. The topological polar surface area (TPSA) is 184 Å². The summed E-state index contributed by atoms with van der Waals surface area (Å²) in [6, 6.07) is 8.76. The van der Waals surface area contributed by atoms with Gasteiger partial charge in [-0.3, -0.25) is 33.9 Å². The number of nitrogens with two attached hydrogens (primary N) is 1. The van der Waals surface area contributed by atoms with E-state index in [1.54, 1.807) is 25.1 Å². The second-order valence-corrected chi connectivity index (χ2v) is 9.41. The standard InChI is InChI=1S/C24H24N6O6S/c1-12(11-31)26-21(25)20-22(33)28-37-23(20)27-17-5-6-18(19(8-17)30(35)36)24(34)29-9-15-4-3-14(13(2)32)7-16(15)10-29/h3-8,12,27,31H,9-11H2,1-2H3,(H2,25,26)(H,28,33). The summed E-state index contributed by atoms with van der Waals surface area (Å²) in [6.45, 7) is 3.34. The van der Waals surface area contributed by atoms with Crippen LogP contribution in [0.4, 0.5) is 16.4 Å². The fourth-order valence-electron chi connectivity index (χ4n) is 3.97. The van der Waals surface area contributed by atoms with Crippen LogP contribution in [0.2, 0.25) is 0 Å². The summed E-state index contributed by atoms with van der Waals surface area (Å²) in [5.74, 6) is -0.688. The molecule has 0 saturated carbocycles. The highest BCUT2D eigenvalue weighted by atomic mass is 32.1. The minimum Gasteiger partial charge on any atom is -0.394 e. The molecule has 0 bridgehead atoms. The molecule has 0 fully saturated rings. The first-order chi connectivity index (χ1) is 17.6. The highest BCUT2D eigenvalue weighted by molar-refractivity contribution is 7.10. The number of fused-ring (bicyclic) bond motifs is 1. The lowest BCUT2D eigenvalue weighted by Crippen LogP contribution is -2.26. The zero-order chi connectivity index (χ0) is 26.9. The molecule has 12 nitrogen and oxygen atoms in total. The van der Waals surface area contributed by atoms with Crippen molar-refractivity contribution in [2.24, 2.45) is 10.7 Å². The number of nitro groups is 1. The van der Waals surface area contributed by atoms with Crippen LogP contribution in [0, 0.1) is 10.1 Å². The number of rotatable bonds is 8. The lowest BCUT2D eigenvalue weighted by molar-refractivity contribution is -0.385. The van der Waals surface area contributed by atoms with Gasteiger partial charge in [0.15, 0.2) is 5.78 Å². The van der Waals surface area contributed by atoms with E-state index in [0.717, 1.165) is 22.7 Å². The number of nitrogens with one attached hydrogen (secondary N) is 2. The van der Waals surface area contributed by atoms with Crippen LogP contribution in [-0.4, -0.2) is 49.5 Å². The van der Waals surface area contributed by atoms with Crippen LogP contribution in [0.15, 0.2) is 46.2 Å². The first-order valence-electron chi connectivity index (χ1n) is 11.2. The number of carbonyl (C=O) groups excluding carboxylic acids is 2. The van der Waals surface area contributed by atoms with E-state index in [1.807, 2.05) is 0 Å². The SMILES string of the molecule is CC(=O)c1ccc2c(c1)CN(C(=O)c1ccc(Nc3s[nH]c(=O)c3C(N)=NC(C)CO)cc1[N+](=O)[O-])C2. The number of benzene rings is 2. The first kappa shape index (κ1) is 25.7. The van der Waals surface area contributed by atoms with Gasteiger partial charge in [-0.15, -0.1) is 0 Å².